The molecule has 0 fully saturated rings. The molecule has 0 aliphatic rings. The van der Waals surface area contributed by atoms with E-state index in [-0.39, 0.29) is 5.56 Å². The molecule has 0 aliphatic carbocycles. The van der Waals surface area contributed by atoms with Gasteiger partial charge >= 0.3 is 6.18 Å². The second-order valence-electron chi connectivity index (χ2n) is 15.3. The Bertz CT molecular complexity index is 3450. The zero-order valence-electron chi connectivity index (χ0n) is 32.5. The van der Waals surface area contributed by atoms with Gasteiger partial charge in [-0.25, -0.2) is 0 Å². The summed E-state index contributed by atoms with van der Waals surface area (Å²) < 4.78 is 46.4. The standard InChI is InChI=1S/C53H33F3N4/c1-32-11-15-34(16-12-32)36-19-23-49-44(26-36)42-7-3-5-9-47(42)59(49)51-29-46(41-22-21-40(53(54,55)56)25-38(41)30-57)52(28-39(51)31-58)60-48-10-6-4-8-43(48)45-27-37(20-24-50(45)60)35-17-13-33(2)14-18-35/h3-29H,1-2H3. The van der Waals surface area contributed by atoms with Gasteiger partial charge in [0.1, 0.15) is 6.07 Å². The largest absolute Gasteiger partial charge is 0.416 e. The molecule has 0 unspecified atom stereocenters. The van der Waals surface area contributed by atoms with Crippen molar-refractivity contribution >= 4 is 43.6 Å². The predicted molar refractivity (Wildman–Crippen MR) is 235 cm³/mol. The number of benzene rings is 8. The summed E-state index contributed by atoms with van der Waals surface area (Å²) in [6.45, 7) is 4.11. The molecule has 0 atom stereocenters. The van der Waals surface area contributed by atoms with E-state index in [9.17, 15) is 23.7 Å². The average molecular weight is 783 g/mol. The summed E-state index contributed by atoms with van der Waals surface area (Å²) >= 11 is 0. The number of hydrogen-bond acceptors (Lipinski definition) is 2. The Kier molecular flexibility index (Phi) is 8.45. The molecule has 10 aromatic rings. The number of para-hydroxylation sites is 2. The van der Waals surface area contributed by atoms with E-state index in [1.165, 1.54) is 11.6 Å². The summed E-state index contributed by atoms with van der Waals surface area (Å²) in [6, 6.07) is 56.7. The van der Waals surface area contributed by atoms with Crippen LogP contribution in [0.15, 0.2) is 164 Å². The molecule has 0 amide bonds. The highest BCUT2D eigenvalue weighted by atomic mass is 19.4. The molecule has 0 spiro atoms. The molecule has 60 heavy (non-hydrogen) atoms. The second-order valence-corrected chi connectivity index (χ2v) is 15.3. The Labute approximate surface area is 343 Å². The van der Waals surface area contributed by atoms with Gasteiger partial charge in [-0.3, -0.25) is 0 Å². The highest BCUT2D eigenvalue weighted by Gasteiger charge is 2.32. The lowest BCUT2D eigenvalue weighted by molar-refractivity contribution is -0.137. The smallest absolute Gasteiger partial charge is 0.309 e. The van der Waals surface area contributed by atoms with Crippen LogP contribution >= 0.6 is 0 Å². The number of rotatable bonds is 5. The van der Waals surface area contributed by atoms with Gasteiger partial charge in [-0.1, -0.05) is 114 Å². The van der Waals surface area contributed by atoms with E-state index in [1.54, 1.807) is 0 Å². The predicted octanol–water partition coefficient (Wildman–Crippen LogP) is 14.3. The van der Waals surface area contributed by atoms with Crippen molar-refractivity contribution in [3.63, 3.8) is 0 Å². The van der Waals surface area contributed by atoms with Gasteiger partial charge in [0.25, 0.3) is 0 Å². The molecule has 0 bridgehead atoms. The van der Waals surface area contributed by atoms with Gasteiger partial charge in [0, 0.05) is 32.7 Å². The number of aryl methyl sites for hydroxylation is 2. The van der Waals surface area contributed by atoms with Crippen molar-refractivity contribution in [3.05, 3.63) is 192 Å². The van der Waals surface area contributed by atoms with Crippen LogP contribution in [0, 0.1) is 36.5 Å². The lowest BCUT2D eigenvalue weighted by Crippen LogP contribution is -2.07. The normalized spacial score (nSPS) is 11.7. The van der Waals surface area contributed by atoms with Gasteiger partial charge in [-0.2, -0.15) is 23.7 Å². The van der Waals surface area contributed by atoms with Crippen LogP contribution in [0.2, 0.25) is 0 Å². The number of halogens is 3. The van der Waals surface area contributed by atoms with Gasteiger partial charge in [-0.15, -0.1) is 0 Å². The van der Waals surface area contributed by atoms with Crippen LogP contribution in [0.1, 0.15) is 27.8 Å². The first kappa shape index (κ1) is 36.5. The third-order valence-electron chi connectivity index (χ3n) is 11.6. The maximum absolute atomic E-state index is 14.1. The third-order valence-corrected chi connectivity index (χ3v) is 11.6. The molecular weight excluding hydrogens is 750 g/mol. The van der Waals surface area contributed by atoms with Crippen LogP contribution in [-0.4, -0.2) is 9.13 Å². The SMILES string of the molecule is Cc1ccc(-c2ccc3c(c2)c2ccccc2n3-c2cc(-c3ccc(C(F)(F)F)cc3C#N)c(-n3c4ccccc4c4cc(-c5ccc(C)cc5)ccc43)cc2C#N)cc1. The molecule has 0 saturated heterocycles. The van der Waals surface area contributed by atoms with Gasteiger partial charge in [0.05, 0.1) is 56.2 Å². The Balaban J connectivity index is 1.28. The van der Waals surface area contributed by atoms with Crippen molar-refractivity contribution in [2.75, 3.05) is 0 Å². The maximum Gasteiger partial charge on any atom is 0.416 e. The summed E-state index contributed by atoms with van der Waals surface area (Å²) in [6.07, 6.45) is -4.65. The first-order valence-electron chi connectivity index (χ1n) is 19.5. The van der Waals surface area contributed by atoms with E-state index in [4.69, 9.17) is 0 Å². The van der Waals surface area contributed by atoms with Crippen molar-refractivity contribution in [3.8, 4) is 56.9 Å². The number of fused-ring (bicyclic) bond motifs is 6. The summed E-state index contributed by atoms with van der Waals surface area (Å²) in [5, 5.41) is 25.4. The van der Waals surface area contributed by atoms with Gasteiger partial charge < -0.3 is 9.13 Å². The van der Waals surface area contributed by atoms with E-state index >= 15 is 0 Å². The van der Waals surface area contributed by atoms with E-state index in [0.29, 0.717) is 28.1 Å². The average Bonchev–Trinajstić information content (AvgIpc) is 3.78. The molecule has 0 N–H and O–H groups in total. The molecule has 8 aromatic carbocycles. The fourth-order valence-electron chi connectivity index (χ4n) is 8.62. The molecule has 286 valence electrons. The number of aromatic nitrogens is 2. The van der Waals surface area contributed by atoms with E-state index in [2.05, 4.69) is 115 Å². The maximum atomic E-state index is 14.1. The van der Waals surface area contributed by atoms with E-state index in [0.717, 1.165) is 83.6 Å². The zero-order valence-corrected chi connectivity index (χ0v) is 32.5. The van der Waals surface area contributed by atoms with Gasteiger partial charge in [-0.05, 0) is 96.8 Å². The molecule has 0 aliphatic heterocycles. The van der Waals surface area contributed by atoms with Crippen LogP contribution in [0.3, 0.4) is 0 Å². The fraction of sp³-hybridized carbons (Fsp3) is 0.0566. The summed E-state index contributed by atoms with van der Waals surface area (Å²) in [7, 11) is 0. The summed E-state index contributed by atoms with van der Waals surface area (Å²) in [5.74, 6) is 0. The summed E-state index contributed by atoms with van der Waals surface area (Å²) in [4.78, 5) is 0. The minimum absolute atomic E-state index is 0.130. The summed E-state index contributed by atoms with van der Waals surface area (Å²) in [5.41, 5.74) is 11.2. The lowest BCUT2D eigenvalue weighted by atomic mass is 9.94. The Morgan fingerprint density at radius 1 is 0.417 bits per heavy atom. The number of hydrogen-bond donors (Lipinski definition) is 0. The van der Waals surface area contributed by atoms with Gasteiger partial charge in [0.15, 0.2) is 0 Å². The van der Waals surface area contributed by atoms with Crippen molar-refractivity contribution in [1.82, 2.24) is 9.13 Å². The fourth-order valence-corrected chi connectivity index (χ4v) is 8.62. The van der Waals surface area contributed by atoms with Crippen molar-refractivity contribution in [2.45, 2.75) is 20.0 Å². The van der Waals surface area contributed by atoms with Crippen LogP contribution in [0.25, 0.3) is 88.4 Å². The number of nitriles is 2. The molecule has 2 heterocycles. The number of alkyl halides is 3. The van der Waals surface area contributed by atoms with E-state index < -0.39 is 11.7 Å². The first-order valence-corrected chi connectivity index (χ1v) is 19.5. The second kappa shape index (κ2) is 13.9. The zero-order chi connectivity index (χ0) is 41.3. The van der Waals surface area contributed by atoms with E-state index in [1.807, 2.05) is 65.2 Å². The highest BCUT2D eigenvalue weighted by Crippen LogP contribution is 2.43. The quantitative estimate of drug-likeness (QED) is 0.175. The Hall–Kier alpha value is -7.87. The molecule has 7 heteroatoms. The minimum Gasteiger partial charge on any atom is -0.309 e. The van der Waals surface area contributed by atoms with Crippen molar-refractivity contribution < 1.29 is 13.2 Å². The van der Waals surface area contributed by atoms with Crippen molar-refractivity contribution in [2.24, 2.45) is 0 Å². The highest BCUT2D eigenvalue weighted by molar-refractivity contribution is 6.12. The third kappa shape index (κ3) is 5.91. The molecular formula is C53H33F3N4. The van der Waals surface area contributed by atoms with Crippen LogP contribution in [-0.2, 0) is 6.18 Å². The van der Waals surface area contributed by atoms with Gasteiger partial charge in [0.2, 0.25) is 0 Å². The minimum atomic E-state index is -4.65. The molecule has 2 aromatic heterocycles. The monoisotopic (exact) mass is 782 g/mol. The van der Waals surface area contributed by atoms with Crippen molar-refractivity contribution in [1.29, 1.82) is 10.5 Å². The Morgan fingerprint density at radius 2 is 0.883 bits per heavy atom. The van der Waals surface area contributed by atoms with Crippen LogP contribution in [0.4, 0.5) is 13.2 Å². The topological polar surface area (TPSA) is 57.4 Å². The molecule has 0 radical (unpaired) electrons. The number of nitrogens with zero attached hydrogens (tertiary/aromatic N) is 4. The van der Waals surface area contributed by atoms with Crippen LogP contribution < -0.4 is 0 Å². The Morgan fingerprint density at radius 3 is 1.38 bits per heavy atom. The lowest BCUT2D eigenvalue weighted by Gasteiger charge is -2.20. The molecule has 0 saturated carbocycles. The molecule has 10 rings (SSSR count). The molecule has 4 nitrogen and oxygen atoms in total. The first-order chi connectivity index (χ1) is 29.1. The van der Waals surface area contributed by atoms with Crippen LogP contribution in [0.5, 0.6) is 0 Å².